The molecule has 214 valence electrons. The zero-order valence-electron chi connectivity index (χ0n) is 25.2. The number of furan rings is 1. The molecule has 0 saturated carbocycles. The maximum Gasteiger partial charge on any atom is 0.231 e. The van der Waals surface area contributed by atoms with Gasteiger partial charge in [0.1, 0.15) is 5.58 Å². The Bertz CT molecular complexity index is 2240. The largest absolute Gasteiger partial charge is 0.437 e. The van der Waals surface area contributed by atoms with Crippen molar-refractivity contribution in [3.8, 4) is 44.9 Å². The predicted molar refractivity (Wildman–Crippen MR) is 178 cm³/mol. The van der Waals surface area contributed by atoms with E-state index in [9.17, 15) is 5.11 Å². The van der Waals surface area contributed by atoms with Gasteiger partial charge >= 0.3 is 0 Å². The first-order chi connectivity index (χ1) is 21.2. The Balaban J connectivity index is 1.39. The Morgan fingerprint density at radius 1 is 0.636 bits per heavy atom. The summed E-state index contributed by atoms with van der Waals surface area (Å²) in [5.41, 5.74) is 10.8. The Morgan fingerprint density at radius 2 is 1.32 bits per heavy atom. The lowest BCUT2D eigenvalue weighted by atomic mass is 9.82. The fraction of sp³-hybridized carbons (Fsp3) is 0.150. The number of nitrogens with zero attached hydrogens (tertiary/aromatic N) is 2. The maximum atomic E-state index is 11.0. The van der Waals surface area contributed by atoms with Crippen molar-refractivity contribution in [3.05, 3.63) is 132 Å². The number of aliphatic hydroxyl groups is 1. The van der Waals surface area contributed by atoms with E-state index in [2.05, 4.69) is 74.5 Å². The molecule has 0 bridgehead atoms. The Kier molecular flexibility index (Phi) is 5.72. The van der Waals surface area contributed by atoms with E-state index >= 15 is 0 Å². The van der Waals surface area contributed by atoms with E-state index in [1.807, 2.05) is 68.4 Å². The van der Waals surface area contributed by atoms with Gasteiger partial charge in [-0.2, -0.15) is 4.98 Å². The number of fused-ring (bicyclic) bond motifs is 6. The molecule has 0 spiro atoms. The van der Waals surface area contributed by atoms with Crippen molar-refractivity contribution in [1.29, 1.82) is 0 Å². The predicted octanol–water partition coefficient (Wildman–Crippen LogP) is 9.91. The third kappa shape index (κ3) is 3.95. The quantitative estimate of drug-likeness (QED) is 0.228. The van der Waals surface area contributed by atoms with Gasteiger partial charge in [-0.25, -0.2) is 4.98 Å². The van der Waals surface area contributed by atoms with Crippen LogP contribution >= 0.6 is 0 Å². The Morgan fingerprint density at radius 3 is 2.11 bits per heavy atom. The summed E-state index contributed by atoms with van der Waals surface area (Å²) in [6.45, 7) is 8.19. The number of hydrogen-bond acceptors (Lipinski definition) is 4. The number of rotatable bonds is 4. The SMILES string of the molecule is CC(C)(O)c1ccccc1-c1cccc2c1oc1nc(-c3ccc4c(c3)C(C)(C)c3ccccc3-4)nc(-c3ccccc3)c12. The summed E-state index contributed by atoms with van der Waals surface area (Å²) in [4.78, 5) is 10.3. The molecular weight excluding hydrogens is 540 g/mol. The molecule has 7 aromatic rings. The second-order valence-corrected chi connectivity index (χ2v) is 12.8. The number of para-hydroxylation sites is 1. The van der Waals surface area contributed by atoms with Crippen LogP contribution in [0.15, 0.2) is 120 Å². The molecule has 0 atom stereocenters. The summed E-state index contributed by atoms with van der Waals surface area (Å²) in [7, 11) is 0. The zero-order valence-corrected chi connectivity index (χ0v) is 25.2. The topological polar surface area (TPSA) is 59.2 Å². The summed E-state index contributed by atoms with van der Waals surface area (Å²) in [6.07, 6.45) is 0. The van der Waals surface area contributed by atoms with Crippen LogP contribution in [0.3, 0.4) is 0 Å². The van der Waals surface area contributed by atoms with Crippen LogP contribution in [0, 0.1) is 0 Å². The van der Waals surface area contributed by atoms with Crippen molar-refractivity contribution in [2.75, 3.05) is 0 Å². The molecule has 5 aromatic carbocycles. The van der Waals surface area contributed by atoms with E-state index in [-0.39, 0.29) is 5.41 Å². The molecular formula is C40H32N2O2. The van der Waals surface area contributed by atoms with Gasteiger partial charge in [0.2, 0.25) is 5.71 Å². The molecule has 0 amide bonds. The van der Waals surface area contributed by atoms with Crippen molar-refractivity contribution in [2.45, 2.75) is 38.7 Å². The average molecular weight is 573 g/mol. The van der Waals surface area contributed by atoms with Gasteiger partial charge in [-0.1, -0.05) is 123 Å². The Labute approximate surface area is 256 Å². The molecule has 0 saturated heterocycles. The normalized spacial score (nSPS) is 13.8. The second kappa shape index (κ2) is 9.47. The van der Waals surface area contributed by atoms with Crippen LogP contribution in [-0.2, 0) is 11.0 Å². The highest BCUT2D eigenvalue weighted by molar-refractivity contribution is 6.14. The van der Waals surface area contributed by atoms with Gasteiger partial charge in [0.15, 0.2) is 5.82 Å². The molecule has 1 aliphatic rings. The van der Waals surface area contributed by atoms with Gasteiger partial charge in [0.25, 0.3) is 0 Å². The standard InChI is InChI=1S/C40H32N2O2/c1-39(2)31-19-10-8-15-26(31)28-22-21-25(23-33(28)39)37-41-35(24-13-6-5-7-14-24)34-30-18-12-17-29(36(30)44-38(34)42-37)27-16-9-11-20-32(27)40(3,4)43/h5-23,43H,1-4H3. The second-order valence-electron chi connectivity index (χ2n) is 12.8. The van der Waals surface area contributed by atoms with Gasteiger partial charge in [0, 0.05) is 27.5 Å². The van der Waals surface area contributed by atoms with Crippen molar-refractivity contribution >= 4 is 22.1 Å². The smallest absolute Gasteiger partial charge is 0.231 e. The van der Waals surface area contributed by atoms with Gasteiger partial charge < -0.3 is 9.52 Å². The van der Waals surface area contributed by atoms with E-state index in [1.54, 1.807) is 0 Å². The third-order valence-electron chi connectivity index (χ3n) is 9.12. The maximum absolute atomic E-state index is 11.0. The number of benzene rings is 5. The lowest BCUT2D eigenvalue weighted by molar-refractivity contribution is 0.0792. The molecule has 0 radical (unpaired) electrons. The minimum Gasteiger partial charge on any atom is -0.437 e. The molecule has 1 N–H and O–H groups in total. The summed E-state index contributed by atoms with van der Waals surface area (Å²) in [6, 6.07) is 39.6. The van der Waals surface area contributed by atoms with Crippen LogP contribution in [0.1, 0.15) is 44.4 Å². The minimum atomic E-state index is -1.02. The molecule has 0 fully saturated rings. The van der Waals surface area contributed by atoms with Crippen LogP contribution < -0.4 is 0 Å². The summed E-state index contributed by atoms with van der Waals surface area (Å²) in [5.74, 6) is 0.628. The van der Waals surface area contributed by atoms with E-state index in [1.165, 1.54) is 22.3 Å². The first-order valence-corrected chi connectivity index (χ1v) is 15.1. The van der Waals surface area contributed by atoms with Crippen LogP contribution in [0.2, 0.25) is 0 Å². The molecule has 1 aliphatic carbocycles. The molecule has 44 heavy (non-hydrogen) atoms. The molecule has 4 heteroatoms. The average Bonchev–Trinajstić information content (AvgIpc) is 3.53. The van der Waals surface area contributed by atoms with Crippen LogP contribution in [0.5, 0.6) is 0 Å². The third-order valence-corrected chi connectivity index (χ3v) is 9.12. The van der Waals surface area contributed by atoms with E-state index < -0.39 is 5.60 Å². The number of aromatic nitrogens is 2. The number of hydrogen-bond donors (Lipinski definition) is 1. The van der Waals surface area contributed by atoms with Crippen molar-refractivity contribution < 1.29 is 9.52 Å². The fourth-order valence-electron chi connectivity index (χ4n) is 6.94. The van der Waals surface area contributed by atoms with Crippen molar-refractivity contribution in [2.24, 2.45) is 0 Å². The molecule has 2 aromatic heterocycles. The fourth-order valence-corrected chi connectivity index (χ4v) is 6.94. The van der Waals surface area contributed by atoms with Gasteiger partial charge in [0.05, 0.1) is 16.7 Å². The first-order valence-electron chi connectivity index (χ1n) is 15.1. The van der Waals surface area contributed by atoms with E-state index in [4.69, 9.17) is 14.4 Å². The summed E-state index contributed by atoms with van der Waals surface area (Å²) >= 11 is 0. The van der Waals surface area contributed by atoms with Gasteiger partial charge in [-0.15, -0.1) is 0 Å². The minimum absolute atomic E-state index is 0.129. The van der Waals surface area contributed by atoms with Gasteiger partial charge in [-0.05, 0) is 53.3 Å². The Hall–Kier alpha value is -5.06. The molecule has 4 nitrogen and oxygen atoms in total. The molecule has 8 rings (SSSR count). The highest BCUT2D eigenvalue weighted by atomic mass is 16.3. The van der Waals surface area contributed by atoms with Crippen LogP contribution in [0.25, 0.3) is 67.0 Å². The highest BCUT2D eigenvalue weighted by Crippen LogP contribution is 2.49. The monoisotopic (exact) mass is 572 g/mol. The van der Waals surface area contributed by atoms with E-state index in [0.29, 0.717) is 11.5 Å². The lowest BCUT2D eigenvalue weighted by Gasteiger charge is -2.21. The molecule has 0 aliphatic heterocycles. The lowest BCUT2D eigenvalue weighted by Crippen LogP contribution is -2.16. The molecule has 0 unspecified atom stereocenters. The van der Waals surface area contributed by atoms with Crippen molar-refractivity contribution in [3.63, 3.8) is 0 Å². The first kappa shape index (κ1) is 26.6. The van der Waals surface area contributed by atoms with Crippen LogP contribution in [-0.4, -0.2) is 15.1 Å². The highest BCUT2D eigenvalue weighted by Gasteiger charge is 2.35. The van der Waals surface area contributed by atoms with E-state index in [0.717, 1.165) is 49.9 Å². The zero-order chi connectivity index (χ0) is 30.2. The van der Waals surface area contributed by atoms with Crippen LogP contribution in [0.4, 0.5) is 0 Å². The van der Waals surface area contributed by atoms with Crippen molar-refractivity contribution in [1.82, 2.24) is 9.97 Å². The summed E-state index contributed by atoms with van der Waals surface area (Å²) in [5, 5.41) is 12.8. The molecule has 2 heterocycles. The summed E-state index contributed by atoms with van der Waals surface area (Å²) < 4.78 is 6.68. The van der Waals surface area contributed by atoms with Gasteiger partial charge in [-0.3, -0.25) is 0 Å².